The standard InChI is InChI=1S/C19H37NO/c1-5-13-20-18-17(11-8-12-19(18,3)4)21-16-10-7-9-15(6-2)14-16/h15-18,20H,5-14H2,1-4H3. The largest absolute Gasteiger partial charge is 0.373 e. The first-order valence-corrected chi connectivity index (χ1v) is 9.45. The summed E-state index contributed by atoms with van der Waals surface area (Å²) in [5.41, 5.74) is 0.372. The van der Waals surface area contributed by atoms with Crippen molar-refractivity contribution in [1.82, 2.24) is 5.32 Å². The van der Waals surface area contributed by atoms with Gasteiger partial charge in [0.05, 0.1) is 12.2 Å². The van der Waals surface area contributed by atoms with E-state index in [0.717, 1.165) is 12.5 Å². The Bertz CT molecular complexity index is 302. The summed E-state index contributed by atoms with van der Waals surface area (Å²) in [4.78, 5) is 0. The van der Waals surface area contributed by atoms with Crippen molar-refractivity contribution in [3.8, 4) is 0 Å². The van der Waals surface area contributed by atoms with E-state index in [2.05, 4.69) is 33.0 Å². The highest BCUT2D eigenvalue weighted by Gasteiger charge is 2.40. The minimum absolute atomic E-state index is 0.372. The van der Waals surface area contributed by atoms with E-state index >= 15 is 0 Å². The molecule has 1 N–H and O–H groups in total. The van der Waals surface area contributed by atoms with E-state index in [1.165, 1.54) is 57.8 Å². The first kappa shape index (κ1) is 17.3. The molecule has 4 atom stereocenters. The molecule has 0 aromatic carbocycles. The van der Waals surface area contributed by atoms with Crippen LogP contribution in [0.15, 0.2) is 0 Å². The fourth-order valence-electron chi connectivity index (χ4n) is 4.42. The van der Waals surface area contributed by atoms with Crippen LogP contribution in [0.25, 0.3) is 0 Å². The molecule has 2 rings (SSSR count). The first-order valence-electron chi connectivity index (χ1n) is 9.45. The monoisotopic (exact) mass is 295 g/mol. The van der Waals surface area contributed by atoms with Crippen molar-refractivity contribution in [3.05, 3.63) is 0 Å². The molecule has 0 amide bonds. The number of nitrogens with one attached hydrogen (secondary N) is 1. The molecular formula is C19H37NO. The third-order valence-corrected chi connectivity index (χ3v) is 5.82. The molecule has 0 bridgehead atoms. The Morgan fingerprint density at radius 1 is 1.10 bits per heavy atom. The quantitative estimate of drug-likeness (QED) is 0.751. The molecule has 2 aliphatic rings. The lowest BCUT2D eigenvalue weighted by atomic mass is 9.71. The molecule has 2 fully saturated rings. The third kappa shape index (κ3) is 4.69. The van der Waals surface area contributed by atoms with Gasteiger partial charge in [-0.2, -0.15) is 0 Å². The van der Waals surface area contributed by atoms with Crippen molar-refractivity contribution in [2.24, 2.45) is 11.3 Å². The van der Waals surface area contributed by atoms with Crippen LogP contribution in [0.1, 0.15) is 85.5 Å². The zero-order valence-electron chi connectivity index (χ0n) is 14.8. The average Bonchev–Trinajstić information content (AvgIpc) is 2.46. The molecule has 0 heterocycles. The van der Waals surface area contributed by atoms with Gasteiger partial charge in [-0.3, -0.25) is 0 Å². The Labute approximate surface area is 132 Å². The van der Waals surface area contributed by atoms with Crippen molar-refractivity contribution in [3.63, 3.8) is 0 Å². The average molecular weight is 296 g/mol. The fraction of sp³-hybridized carbons (Fsp3) is 1.00. The van der Waals surface area contributed by atoms with E-state index in [0.29, 0.717) is 23.7 Å². The van der Waals surface area contributed by atoms with Crippen LogP contribution in [-0.2, 0) is 4.74 Å². The van der Waals surface area contributed by atoms with Gasteiger partial charge in [-0.1, -0.05) is 53.4 Å². The molecule has 2 nitrogen and oxygen atoms in total. The minimum atomic E-state index is 0.372. The summed E-state index contributed by atoms with van der Waals surface area (Å²) in [5.74, 6) is 0.905. The van der Waals surface area contributed by atoms with Gasteiger partial charge in [0.2, 0.25) is 0 Å². The highest BCUT2D eigenvalue weighted by Crippen LogP contribution is 2.39. The molecular weight excluding hydrogens is 258 g/mol. The van der Waals surface area contributed by atoms with E-state index in [1.54, 1.807) is 0 Å². The van der Waals surface area contributed by atoms with Crippen molar-refractivity contribution in [2.45, 2.75) is 104 Å². The van der Waals surface area contributed by atoms with E-state index < -0.39 is 0 Å². The fourth-order valence-corrected chi connectivity index (χ4v) is 4.42. The van der Waals surface area contributed by atoms with E-state index in [1.807, 2.05) is 0 Å². The van der Waals surface area contributed by atoms with Gasteiger partial charge in [-0.05, 0) is 50.0 Å². The van der Waals surface area contributed by atoms with Crippen LogP contribution in [0.3, 0.4) is 0 Å². The van der Waals surface area contributed by atoms with Crippen molar-refractivity contribution in [2.75, 3.05) is 6.54 Å². The van der Waals surface area contributed by atoms with Crippen LogP contribution in [0.4, 0.5) is 0 Å². The minimum Gasteiger partial charge on any atom is -0.373 e. The van der Waals surface area contributed by atoms with Crippen molar-refractivity contribution in [1.29, 1.82) is 0 Å². The van der Waals surface area contributed by atoms with Crippen LogP contribution in [-0.4, -0.2) is 24.8 Å². The highest BCUT2D eigenvalue weighted by molar-refractivity contribution is 4.95. The molecule has 0 aromatic rings. The summed E-state index contributed by atoms with van der Waals surface area (Å²) < 4.78 is 6.65. The zero-order valence-corrected chi connectivity index (χ0v) is 14.8. The number of rotatable bonds is 6. The maximum atomic E-state index is 6.65. The maximum Gasteiger partial charge on any atom is 0.0737 e. The van der Waals surface area contributed by atoms with Gasteiger partial charge in [0.15, 0.2) is 0 Å². The molecule has 2 saturated carbocycles. The summed E-state index contributed by atoms with van der Waals surface area (Å²) in [6, 6.07) is 0.535. The van der Waals surface area contributed by atoms with Crippen LogP contribution >= 0.6 is 0 Å². The van der Waals surface area contributed by atoms with Gasteiger partial charge < -0.3 is 10.1 Å². The molecule has 21 heavy (non-hydrogen) atoms. The Kier molecular flexibility index (Phi) is 6.55. The molecule has 2 heteroatoms. The Morgan fingerprint density at radius 2 is 1.90 bits per heavy atom. The highest BCUT2D eigenvalue weighted by atomic mass is 16.5. The number of hydrogen-bond donors (Lipinski definition) is 1. The van der Waals surface area contributed by atoms with Crippen LogP contribution in [0.5, 0.6) is 0 Å². The SMILES string of the molecule is CCCNC1C(OC2CCCC(CC)C2)CCCC1(C)C. The molecule has 0 spiro atoms. The van der Waals surface area contributed by atoms with Gasteiger partial charge in [0.1, 0.15) is 0 Å². The molecule has 0 aromatic heterocycles. The molecule has 2 aliphatic carbocycles. The molecule has 4 unspecified atom stereocenters. The lowest BCUT2D eigenvalue weighted by Gasteiger charge is -2.46. The maximum absolute atomic E-state index is 6.65. The van der Waals surface area contributed by atoms with Crippen LogP contribution in [0.2, 0.25) is 0 Å². The second-order valence-electron chi connectivity index (χ2n) is 8.05. The summed E-state index contributed by atoms with van der Waals surface area (Å²) in [6.07, 6.45) is 12.8. The van der Waals surface area contributed by atoms with Crippen LogP contribution < -0.4 is 5.32 Å². The van der Waals surface area contributed by atoms with Gasteiger partial charge in [0.25, 0.3) is 0 Å². The third-order valence-electron chi connectivity index (χ3n) is 5.82. The van der Waals surface area contributed by atoms with E-state index in [4.69, 9.17) is 4.74 Å². The Balaban J connectivity index is 1.95. The van der Waals surface area contributed by atoms with Gasteiger partial charge in [0, 0.05) is 6.04 Å². The van der Waals surface area contributed by atoms with Gasteiger partial charge >= 0.3 is 0 Å². The van der Waals surface area contributed by atoms with E-state index in [9.17, 15) is 0 Å². The number of hydrogen-bond acceptors (Lipinski definition) is 2. The molecule has 0 saturated heterocycles. The lowest BCUT2D eigenvalue weighted by Crippen LogP contribution is -2.54. The normalized spacial score (nSPS) is 36.6. The van der Waals surface area contributed by atoms with Crippen molar-refractivity contribution < 1.29 is 4.74 Å². The van der Waals surface area contributed by atoms with Gasteiger partial charge in [-0.25, -0.2) is 0 Å². The Morgan fingerprint density at radius 3 is 2.62 bits per heavy atom. The summed E-state index contributed by atoms with van der Waals surface area (Å²) >= 11 is 0. The topological polar surface area (TPSA) is 21.3 Å². The summed E-state index contributed by atoms with van der Waals surface area (Å²) in [6.45, 7) is 10.6. The smallest absolute Gasteiger partial charge is 0.0737 e. The van der Waals surface area contributed by atoms with E-state index in [-0.39, 0.29) is 0 Å². The van der Waals surface area contributed by atoms with Gasteiger partial charge in [-0.15, -0.1) is 0 Å². The Hall–Kier alpha value is -0.0800. The lowest BCUT2D eigenvalue weighted by molar-refractivity contribution is -0.0929. The van der Waals surface area contributed by atoms with Crippen LogP contribution in [0, 0.1) is 11.3 Å². The second kappa shape index (κ2) is 7.97. The molecule has 124 valence electrons. The summed E-state index contributed by atoms with van der Waals surface area (Å²) in [5, 5.41) is 3.80. The number of ether oxygens (including phenoxy) is 1. The van der Waals surface area contributed by atoms with Crippen molar-refractivity contribution >= 4 is 0 Å². The molecule has 0 aliphatic heterocycles. The zero-order chi connectivity index (χ0) is 15.3. The molecule has 0 radical (unpaired) electrons. The predicted molar refractivity (Wildman–Crippen MR) is 90.6 cm³/mol. The second-order valence-corrected chi connectivity index (χ2v) is 8.05. The first-order chi connectivity index (χ1) is 10.1. The summed E-state index contributed by atoms with van der Waals surface area (Å²) in [7, 11) is 0. The predicted octanol–water partition coefficient (Wildman–Crippen LogP) is 4.92.